The van der Waals surface area contributed by atoms with E-state index in [-0.39, 0.29) is 11.3 Å². The Morgan fingerprint density at radius 2 is 2.08 bits per heavy atom. The Labute approximate surface area is 80.8 Å². The van der Waals surface area contributed by atoms with Gasteiger partial charge in [-0.05, 0) is 25.6 Å². The van der Waals surface area contributed by atoms with Crippen LogP contribution in [0.1, 0.15) is 13.8 Å². The number of rotatable bonds is 5. The standard InChI is InChI=1S/C10H20N2O/c1-6-9(13)11-7-10(2,3)8-12(4)5/h6H,1,7-8H2,2-5H3,(H,11,13). The zero-order valence-corrected chi connectivity index (χ0v) is 9.05. The molecule has 13 heavy (non-hydrogen) atoms. The van der Waals surface area contributed by atoms with Crippen LogP contribution in [0.5, 0.6) is 0 Å². The molecule has 0 aliphatic rings. The maximum Gasteiger partial charge on any atom is 0.243 e. The van der Waals surface area contributed by atoms with Crippen LogP contribution in [0.4, 0.5) is 0 Å². The fourth-order valence-corrected chi connectivity index (χ4v) is 1.31. The van der Waals surface area contributed by atoms with E-state index in [2.05, 4.69) is 30.6 Å². The van der Waals surface area contributed by atoms with E-state index in [1.165, 1.54) is 6.08 Å². The number of nitrogens with one attached hydrogen (secondary N) is 1. The van der Waals surface area contributed by atoms with E-state index in [4.69, 9.17) is 0 Å². The van der Waals surface area contributed by atoms with E-state index in [1.54, 1.807) is 0 Å². The highest BCUT2D eigenvalue weighted by Gasteiger charge is 2.18. The van der Waals surface area contributed by atoms with Gasteiger partial charge in [0.25, 0.3) is 0 Å². The maximum atomic E-state index is 10.9. The summed E-state index contributed by atoms with van der Waals surface area (Å²) in [4.78, 5) is 13.0. The van der Waals surface area contributed by atoms with Gasteiger partial charge in [0.1, 0.15) is 0 Å². The molecular weight excluding hydrogens is 164 g/mol. The molecule has 76 valence electrons. The first-order valence-corrected chi connectivity index (χ1v) is 4.42. The fraction of sp³-hybridized carbons (Fsp3) is 0.700. The van der Waals surface area contributed by atoms with Gasteiger partial charge in [-0.25, -0.2) is 0 Å². The van der Waals surface area contributed by atoms with Crippen molar-refractivity contribution < 1.29 is 4.79 Å². The summed E-state index contributed by atoms with van der Waals surface area (Å²) < 4.78 is 0. The molecular formula is C10H20N2O. The Kier molecular flexibility index (Phi) is 4.70. The lowest BCUT2D eigenvalue weighted by molar-refractivity contribution is -0.116. The molecule has 1 amide bonds. The van der Waals surface area contributed by atoms with Crippen molar-refractivity contribution in [3.8, 4) is 0 Å². The quantitative estimate of drug-likeness (QED) is 0.643. The van der Waals surface area contributed by atoms with Crippen molar-refractivity contribution >= 4 is 5.91 Å². The van der Waals surface area contributed by atoms with Crippen molar-refractivity contribution in [2.75, 3.05) is 27.2 Å². The summed E-state index contributed by atoms with van der Waals surface area (Å²) in [7, 11) is 4.05. The molecule has 1 N–H and O–H groups in total. The lowest BCUT2D eigenvalue weighted by Crippen LogP contribution is -2.39. The minimum Gasteiger partial charge on any atom is -0.352 e. The van der Waals surface area contributed by atoms with Crippen LogP contribution in [0, 0.1) is 5.41 Å². The third kappa shape index (κ3) is 6.34. The molecule has 0 unspecified atom stereocenters. The first-order valence-electron chi connectivity index (χ1n) is 4.42. The van der Waals surface area contributed by atoms with Gasteiger partial charge >= 0.3 is 0 Å². The minimum absolute atomic E-state index is 0.0994. The molecule has 0 aliphatic heterocycles. The van der Waals surface area contributed by atoms with Gasteiger partial charge < -0.3 is 10.2 Å². The Morgan fingerprint density at radius 3 is 2.46 bits per heavy atom. The number of hydrogen-bond acceptors (Lipinski definition) is 2. The molecule has 0 heterocycles. The smallest absolute Gasteiger partial charge is 0.243 e. The molecule has 3 nitrogen and oxygen atoms in total. The van der Waals surface area contributed by atoms with Crippen molar-refractivity contribution in [1.82, 2.24) is 10.2 Å². The summed E-state index contributed by atoms with van der Waals surface area (Å²) >= 11 is 0. The minimum atomic E-state index is -0.105. The van der Waals surface area contributed by atoms with Crippen LogP contribution in [0.3, 0.4) is 0 Å². The number of nitrogens with zero attached hydrogens (tertiary/aromatic N) is 1. The highest BCUT2D eigenvalue weighted by molar-refractivity contribution is 5.86. The van der Waals surface area contributed by atoms with Crippen LogP contribution in [0.2, 0.25) is 0 Å². The van der Waals surface area contributed by atoms with E-state index in [0.29, 0.717) is 6.54 Å². The van der Waals surface area contributed by atoms with Gasteiger partial charge in [0.2, 0.25) is 5.91 Å². The summed E-state index contributed by atoms with van der Waals surface area (Å²) in [6.07, 6.45) is 1.30. The van der Waals surface area contributed by atoms with Gasteiger partial charge in [-0.3, -0.25) is 4.79 Å². The maximum absolute atomic E-state index is 10.9. The van der Waals surface area contributed by atoms with Crippen LogP contribution >= 0.6 is 0 Å². The lowest BCUT2D eigenvalue weighted by Gasteiger charge is -2.28. The highest BCUT2D eigenvalue weighted by atomic mass is 16.1. The zero-order chi connectivity index (χ0) is 10.5. The SMILES string of the molecule is C=CC(=O)NCC(C)(C)CN(C)C. The van der Waals surface area contributed by atoms with Crippen molar-refractivity contribution in [1.29, 1.82) is 0 Å². The van der Waals surface area contributed by atoms with Crippen molar-refractivity contribution in [3.05, 3.63) is 12.7 Å². The predicted molar refractivity (Wildman–Crippen MR) is 55.5 cm³/mol. The van der Waals surface area contributed by atoms with Crippen LogP contribution in [-0.4, -0.2) is 38.0 Å². The molecule has 3 heteroatoms. The molecule has 0 aromatic carbocycles. The van der Waals surface area contributed by atoms with Gasteiger partial charge in [0.15, 0.2) is 0 Å². The molecule has 0 spiro atoms. The van der Waals surface area contributed by atoms with E-state index >= 15 is 0 Å². The fourth-order valence-electron chi connectivity index (χ4n) is 1.31. The van der Waals surface area contributed by atoms with E-state index in [0.717, 1.165) is 6.54 Å². The van der Waals surface area contributed by atoms with Crippen molar-refractivity contribution in [2.24, 2.45) is 5.41 Å². The Hall–Kier alpha value is -0.830. The predicted octanol–water partition coefficient (Wildman–Crippen LogP) is 0.876. The zero-order valence-electron chi connectivity index (χ0n) is 9.05. The second-order valence-electron chi connectivity index (χ2n) is 4.32. The largest absolute Gasteiger partial charge is 0.352 e. The number of hydrogen-bond donors (Lipinski definition) is 1. The molecule has 0 bridgehead atoms. The normalized spacial score (nSPS) is 11.5. The third-order valence-corrected chi connectivity index (χ3v) is 1.67. The van der Waals surface area contributed by atoms with Crippen molar-refractivity contribution in [3.63, 3.8) is 0 Å². The summed E-state index contributed by atoms with van der Waals surface area (Å²) in [5.41, 5.74) is 0.0994. The van der Waals surface area contributed by atoms with Crippen LogP contribution in [-0.2, 0) is 4.79 Å². The molecule has 0 fully saturated rings. The average molecular weight is 184 g/mol. The molecule has 0 radical (unpaired) electrons. The molecule has 0 saturated heterocycles. The first kappa shape index (κ1) is 12.2. The van der Waals surface area contributed by atoms with E-state index in [9.17, 15) is 4.79 Å². The van der Waals surface area contributed by atoms with Gasteiger partial charge in [-0.1, -0.05) is 20.4 Å². The lowest BCUT2D eigenvalue weighted by atomic mass is 9.93. The van der Waals surface area contributed by atoms with Gasteiger partial charge in [0, 0.05) is 13.1 Å². The Morgan fingerprint density at radius 1 is 1.54 bits per heavy atom. The number of amides is 1. The molecule has 0 aromatic rings. The van der Waals surface area contributed by atoms with E-state index in [1.807, 2.05) is 14.1 Å². The topological polar surface area (TPSA) is 32.3 Å². The van der Waals surface area contributed by atoms with E-state index < -0.39 is 0 Å². The van der Waals surface area contributed by atoms with Crippen molar-refractivity contribution in [2.45, 2.75) is 13.8 Å². The summed E-state index contributed by atoms with van der Waals surface area (Å²) in [6.45, 7) is 9.27. The highest BCUT2D eigenvalue weighted by Crippen LogP contribution is 2.13. The Balaban J connectivity index is 3.88. The number of carbonyl (C=O) groups is 1. The second kappa shape index (κ2) is 5.02. The average Bonchev–Trinajstić information content (AvgIpc) is 1.98. The van der Waals surface area contributed by atoms with Crippen LogP contribution in [0.25, 0.3) is 0 Å². The third-order valence-electron chi connectivity index (χ3n) is 1.67. The first-order chi connectivity index (χ1) is 5.87. The van der Waals surface area contributed by atoms with Gasteiger partial charge in [-0.2, -0.15) is 0 Å². The van der Waals surface area contributed by atoms with Gasteiger partial charge in [0.05, 0.1) is 0 Å². The Bertz CT molecular complexity index is 185. The summed E-state index contributed by atoms with van der Waals surface area (Å²) in [5, 5.41) is 2.79. The van der Waals surface area contributed by atoms with Gasteiger partial charge in [-0.15, -0.1) is 0 Å². The van der Waals surface area contributed by atoms with Crippen LogP contribution < -0.4 is 5.32 Å². The molecule has 0 aromatic heterocycles. The van der Waals surface area contributed by atoms with Crippen LogP contribution in [0.15, 0.2) is 12.7 Å². The number of carbonyl (C=O) groups excluding carboxylic acids is 1. The monoisotopic (exact) mass is 184 g/mol. The summed E-state index contributed by atoms with van der Waals surface area (Å²) in [6, 6.07) is 0. The summed E-state index contributed by atoms with van der Waals surface area (Å²) in [5.74, 6) is -0.105. The molecule has 0 rings (SSSR count). The molecule has 0 saturated carbocycles. The molecule has 0 atom stereocenters. The second-order valence-corrected chi connectivity index (χ2v) is 4.32. The molecule has 0 aliphatic carbocycles.